The largest absolute Gasteiger partial charge is 0.481 e. The van der Waals surface area contributed by atoms with Gasteiger partial charge in [-0.05, 0) is 24.6 Å². The monoisotopic (exact) mass is 282 g/mol. The van der Waals surface area contributed by atoms with E-state index >= 15 is 0 Å². The Bertz CT molecular complexity index is 671. The summed E-state index contributed by atoms with van der Waals surface area (Å²) in [6.45, 7) is 2.63. The number of aromatic nitrogens is 1. The summed E-state index contributed by atoms with van der Waals surface area (Å²) in [4.78, 5) is 15.5. The van der Waals surface area contributed by atoms with E-state index in [1.54, 1.807) is 6.20 Å². The molecular formula is C17H18N2O2. The zero-order valence-corrected chi connectivity index (χ0v) is 12.1. The van der Waals surface area contributed by atoms with Gasteiger partial charge in [0.15, 0.2) is 0 Å². The van der Waals surface area contributed by atoms with E-state index in [0.717, 1.165) is 23.1 Å². The van der Waals surface area contributed by atoms with Crippen LogP contribution in [0.1, 0.15) is 19.8 Å². The molecule has 0 aliphatic rings. The summed E-state index contributed by atoms with van der Waals surface area (Å²) in [6, 6.07) is 9.66. The van der Waals surface area contributed by atoms with E-state index in [4.69, 9.17) is 4.74 Å². The molecule has 0 saturated carbocycles. The first-order valence-corrected chi connectivity index (χ1v) is 6.99. The van der Waals surface area contributed by atoms with Crippen molar-refractivity contribution in [1.82, 2.24) is 10.3 Å². The van der Waals surface area contributed by atoms with E-state index in [1.807, 2.05) is 37.3 Å². The van der Waals surface area contributed by atoms with Crippen molar-refractivity contribution in [2.75, 3.05) is 13.2 Å². The lowest BCUT2D eigenvalue weighted by Crippen LogP contribution is -2.22. The summed E-state index contributed by atoms with van der Waals surface area (Å²) in [6.07, 6.45) is 3.14. The highest BCUT2D eigenvalue weighted by Crippen LogP contribution is 2.18. The third-order valence-corrected chi connectivity index (χ3v) is 2.86. The molecule has 0 bridgehead atoms. The van der Waals surface area contributed by atoms with E-state index in [0.29, 0.717) is 19.6 Å². The van der Waals surface area contributed by atoms with Crippen LogP contribution in [0, 0.1) is 11.8 Å². The van der Waals surface area contributed by atoms with Crippen LogP contribution in [-0.2, 0) is 4.79 Å². The van der Waals surface area contributed by atoms with Crippen molar-refractivity contribution >= 4 is 16.8 Å². The van der Waals surface area contributed by atoms with Crippen LogP contribution in [0.25, 0.3) is 10.9 Å². The van der Waals surface area contributed by atoms with Crippen LogP contribution in [0.4, 0.5) is 0 Å². The molecule has 4 nitrogen and oxygen atoms in total. The molecule has 0 saturated heterocycles. The first-order valence-electron chi connectivity index (χ1n) is 6.99. The molecule has 1 aromatic carbocycles. The van der Waals surface area contributed by atoms with E-state index in [1.165, 1.54) is 0 Å². The third-order valence-electron chi connectivity index (χ3n) is 2.86. The summed E-state index contributed by atoms with van der Waals surface area (Å²) in [5, 5.41) is 3.81. The highest BCUT2D eigenvalue weighted by Gasteiger charge is 1.97. The molecule has 1 heterocycles. The molecule has 0 spiro atoms. The zero-order valence-electron chi connectivity index (χ0n) is 12.1. The predicted octanol–water partition coefficient (Wildman–Crippen LogP) is 2.53. The molecule has 108 valence electrons. The van der Waals surface area contributed by atoms with Crippen molar-refractivity contribution in [3.05, 3.63) is 36.5 Å². The number of ether oxygens (including phenoxy) is 1. The zero-order chi connectivity index (χ0) is 14.9. The van der Waals surface area contributed by atoms with Gasteiger partial charge >= 0.3 is 0 Å². The maximum Gasteiger partial charge on any atom is 0.220 e. The second-order valence-corrected chi connectivity index (χ2v) is 4.53. The Morgan fingerprint density at radius 2 is 2.24 bits per heavy atom. The maximum absolute atomic E-state index is 11.2. The molecule has 4 heteroatoms. The van der Waals surface area contributed by atoms with Crippen molar-refractivity contribution in [2.45, 2.75) is 19.8 Å². The van der Waals surface area contributed by atoms with Crippen molar-refractivity contribution in [1.29, 1.82) is 0 Å². The molecule has 1 N–H and O–H groups in total. The first-order chi connectivity index (χ1) is 10.3. The van der Waals surface area contributed by atoms with Gasteiger partial charge in [0.05, 0.1) is 12.1 Å². The third kappa shape index (κ3) is 4.81. The topological polar surface area (TPSA) is 51.2 Å². The molecule has 0 atom stereocenters. The Kier molecular flexibility index (Phi) is 5.60. The van der Waals surface area contributed by atoms with Crippen LogP contribution in [-0.4, -0.2) is 24.0 Å². The number of carbonyl (C=O) groups is 1. The molecule has 0 unspecified atom stereocenters. The van der Waals surface area contributed by atoms with Crippen LogP contribution >= 0.6 is 0 Å². The SMILES string of the molecule is CCCC(=O)NCC#CCOc1ccc2cccnc2c1. The minimum atomic E-state index is 0.0355. The number of carbonyl (C=O) groups excluding carboxylic acids is 1. The Labute approximate surface area is 124 Å². The highest BCUT2D eigenvalue weighted by molar-refractivity contribution is 5.79. The number of pyridine rings is 1. The Hall–Kier alpha value is -2.54. The fraction of sp³-hybridized carbons (Fsp3) is 0.294. The van der Waals surface area contributed by atoms with Crippen LogP contribution in [0.15, 0.2) is 36.5 Å². The smallest absolute Gasteiger partial charge is 0.220 e. The van der Waals surface area contributed by atoms with Gasteiger partial charge in [0.25, 0.3) is 0 Å². The van der Waals surface area contributed by atoms with E-state index in [-0.39, 0.29) is 5.91 Å². The number of benzene rings is 1. The molecule has 21 heavy (non-hydrogen) atoms. The number of rotatable bonds is 5. The quantitative estimate of drug-likeness (QED) is 0.857. The maximum atomic E-state index is 11.2. The average Bonchev–Trinajstić information content (AvgIpc) is 2.51. The van der Waals surface area contributed by atoms with Gasteiger partial charge in [-0.15, -0.1) is 0 Å². The first kappa shape index (κ1) is 14.9. The lowest BCUT2D eigenvalue weighted by atomic mass is 10.2. The Morgan fingerprint density at radius 3 is 3.10 bits per heavy atom. The van der Waals surface area contributed by atoms with Gasteiger partial charge in [-0.1, -0.05) is 24.8 Å². The highest BCUT2D eigenvalue weighted by atomic mass is 16.5. The number of nitrogens with one attached hydrogen (secondary N) is 1. The van der Waals surface area contributed by atoms with Gasteiger partial charge in [-0.2, -0.15) is 0 Å². The summed E-state index contributed by atoms with van der Waals surface area (Å²) in [5.41, 5.74) is 0.898. The van der Waals surface area contributed by atoms with Crippen LogP contribution < -0.4 is 10.1 Å². The summed E-state index contributed by atoms with van der Waals surface area (Å²) >= 11 is 0. The van der Waals surface area contributed by atoms with Crippen molar-refractivity contribution < 1.29 is 9.53 Å². The second-order valence-electron chi connectivity index (χ2n) is 4.53. The van der Waals surface area contributed by atoms with Gasteiger partial charge in [0.1, 0.15) is 12.4 Å². The molecule has 0 aliphatic carbocycles. The van der Waals surface area contributed by atoms with E-state index < -0.39 is 0 Å². The van der Waals surface area contributed by atoms with Gasteiger partial charge < -0.3 is 10.1 Å². The normalized spacial score (nSPS) is 9.76. The summed E-state index contributed by atoms with van der Waals surface area (Å²) < 4.78 is 5.54. The predicted molar refractivity (Wildman–Crippen MR) is 82.9 cm³/mol. The molecule has 0 fully saturated rings. The van der Waals surface area contributed by atoms with Gasteiger partial charge in [0, 0.05) is 24.1 Å². The number of hydrogen-bond acceptors (Lipinski definition) is 3. The molecule has 0 aliphatic heterocycles. The average molecular weight is 282 g/mol. The fourth-order valence-corrected chi connectivity index (χ4v) is 1.83. The van der Waals surface area contributed by atoms with Gasteiger partial charge in [-0.25, -0.2) is 0 Å². The summed E-state index contributed by atoms with van der Waals surface area (Å²) in [7, 11) is 0. The van der Waals surface area contributed by atoms with Crippen molar-refractivity contribution in [2.24, 2.45) is 0 Å². The molecule has 2 aromatic rings. The number of hydrogen-bond donors (Lipinski definition) is 1. The standard InChI is InChI=1S/C17H18N2O2/c1-2-6-17(20)19-10-3-4-12-21-15-9-8-14-7-5-11-18-16(14)13-15/h5,7-9,11,13H,2,6,10,12H2,1H3,(H,19,20). The lowest BCUT2D eigenvalue weighted by Gasteiger charge is -2.03. The van der Waals surface area contributed by atoms with Crippen LogP contribution in [0.2, 0.25) is 0 Å². The fourth-order valence-electron chi connectivity index (χ4n) is 1.83. The van der Waals surface area contributed by atoms with Crippen LogP contribution in [0.3, 0.4) is 0 Å². The lowest BCUT2D eigenvalue weighted by molar-refractivity contribution is -0.120. The Balaban J connectivity index is 1.79. The van der Waals surface area contributed by atoms with Gasteiger partial charge in [-0.3, -0.25) is 9.78 Å². The van der Waals surface area contributed by atoms with Gasteiger partial charge in [0.2, 0.25) is 5.91 Å². The van der Waals surface area contributed by atoms with Crippen LogP contribution in [0.5, 0.6) is 5.75 Å². The molecule has 1 aromatic heterocycles. The molecular weight excluding hydrogens is 264 g/mol. The molecule has 0 radical (unpaired) electrons. The number of nitrogens with zero attached hydrogens (tertiary/aromatic N) is 1. The molecule has 2 rings (SSSR count). The number of amides is 1. The molecule has 1 amide bonds. The van der Waals surface area contributed by atoms with E-state index in [2.05, 4.69) is 22.1 Å². The summed E-state index contributed by atoms with van der Waals surface area (Å²) in [5.74, 6) is 6.51. The second kappa shape index (κ2) is 7.91. The van der Waals surface area contributed by atoms with Crippen molar-refractivity contribution in [3.8, 4) is 17.6 Å². The minimum Gasteiger partial charge on any atom is -0.481 e. The van der Waals surface area contributed by atoms with Crippen molar-refractivity contribution in [3.63, 3.8) is 0 Å². The minimum absolute atomic E-state index is 0.0355. The number of fused-ring (bicyclic) bond motifs is 1. The van der Waals surface area contributed by atoms with E-state index in [9.17, 15) is 4.79 Å². The Morgan fingerprint density at radius 1 is 1.33 bits per heavy atom.